The van der Waals surface area contributed by atoms with Crippen LogP contribution in [0.2, 0.25) is 0 Å². The molecule has 0 radical (unpaired) electrons. The van der Waals surface area contributed by atoms with Gasteiger partial charge in [-0.05, 0) is 0 Å². The summed E-state index contributed by atoms with van der Waals surface area (Å²) >= 11 is 0. The summed E-state index contributed by atoms with van der Waals surface area (Å²) in [6.45, 7) is 0. The van der Waals surface area contributed by atoms with E-state index in [1.807, 2.05) is 194 Å². The molecule has 0 saturated carbocycles. The number of hydrogen-bond acceptors (Lipinski definition) is 12. The summed E-state index contributed by atoms with van der Waals surface area (Å²) in [5.74, 6) is 4.78. The fourth-order valence-electron chi connectivity index (χ4n) is 11.2. The molecular weight excluding hydrogens is 1040 g/mol. The molecule has 4 N–H and O–H groups in total. The third-order valence-electron chi connectivity index (χ3n) is 14.9. The van der Waals surface area contributed by atoms with Gasteiger partial charge in [0.15, 0.2) is 46.6 Å². The number of hydrogen-bond donors (Lipinski definition) is 4. The Kier molecular flexibility index (Phi) is 10.4. The first-order chi connectivity index (χ1) is 39.6. The minimum atomic E-state index is 0. The van der Waals surface area contributed by atoms with Crippen molar-refractivity contribution in [1.29, 1.82) is 0 Å². The molecule has 81 heavy (non-hydrogen) atoms. The predicted octanol–water partition coefficient (Wildman–Crippen LogP) is 13.7. The van der Waals surface area contributed by atoms with Gasteiger partial charge in [0.05, 0.1) is 0 Å². The topological polar surface area (TPSA) is 218 Å². The van der Waals surface area contributed by atoms with Crippen LogP contribution < -0.4 is 0 Å². The van der Waals surface area contributed by atoms with Gasteiger partial charge in [0.1, 0.15) is 45.2 Å². The van der Waals surface area contributed by atoms with Crippen LogP contribution in [-0.2, 0) is 21.7 Å². The first-order valence-corrected chi connectivity index (χ1v) is 26.0. The number of fused-ring (bicyclic) bond motifs is 40. The number of rotatable bonds is 0. The van der Waals surface area contributed by atoms with Gasteiger partial charge in [-0.3, -0.25) is 0 Å². The number of H-pyrrole nitrogens is 4. The van der Waals surface area contributed by atoms with Crippen LogP contribution in [0.1, 0.15) is 0 Å². The first kappa shape index (κ1) is 46.3. The van der Waals surface area contributed by atoms with E-state index in [4.69, 9.17) is 59.8 Å². The second-order valence-corrected chi connectivity index (χ2v) is 19.6. The SMILES string of the molecule is [Ti].c1ccc2c(c1)-c1nc-2nc2[nH]c(nc3nc(nc4[nH]c(n1)c1ccccc41)-c1ccccc1-3)c1ccccc21.c1ccc2c(c1)-c1nc-2nc2[nH]c(nc3nc(nc4[nH]c(n1)c1ccccc41)-c1ccccc1-3)c1ccccc21. The Morgan fingerprint density at radius 3 is 0.420 bits per heavy atom. The molecule has 0 atom stereocenters. The molecule has 4 aliphatic rings. The van der Waals surface area contributed by atoms with Crippen molar-refractivity contribution in [3.8, 4) is 91.1 Å². The fourth-order valence-corrected chi connectivity index (χ4v) is 11.2. The van der Waals surface area contributed by atoms with Gasteiger partial charge < -0.3 is 19.9 Å². The van der Waals surface area contributed by atoms with Gasteiger partial charge in [-0.1, -0.05) is 194 Å². The van der Waals surface area contributed by atoms with Crippen LogP contribution in [0.25, 0.3) is 179 Å². The van der Waals surface area contributed by atoms with Gasteiger partial charge >= 0.3 is 0 Å². The molecule has 0 fully saturated rings. The summed E-state index contributed by atoms with van der Waals surface area (Å²) in [7, 11) is 0. The standard InChI is InChI=1S/2C32H18N8.Ti/c2*1-2-10-18-17(9-1)25-33-26(18)38-28-21-13-5-6-14-22(21)30(35-28)40-32-24-16-8-7-15-23(24)31(36-32)39-29-20-12-4-3-11-19(20)27(34-29)37-25;/h2*1-16H,(H2,33,34,35,36,37,38,39,40);. The van der Waals surface area contributed by atoms with Crippen LogP contribution in [0.15, 0.2) is 194 Å². The molecular formula is C64H36N16Ti. The number of nitrogens with one attached hydrogen (secondary N) is 4. The number of benzene rings is 8. The molecule has 4 aliphatic heterocycles. The van der Waals surface area contributed by atoms with Gasteiger partial charge in [-0.15, -0.1) is 0 Å². The van der Waals surface area contributed by atoms with Crippen molar-refractivity contribution in [3.63, 3.8) is 0 Å². The van der Waals surface area contributed by atoms with Gasteiger partial charge in [0.25, 0.3) is 0 Å². The van der Waals surface area contributed by atoms with Gasteiger partial charge in [0.2, 0.25) is 0 Å². The summed E-state index contributed by atoms with van der Waals surface area (Å²) < 4.78 is 0. The molecule has 14 aromatic rings. The zero-order valence-corrected chi connectivity index (χ0v) is 43.9. The number of aromatic nitrogens is 16. The Hall–Kier alpha value is -10.8. The van der Waals surface area contributed by atoms with E-state index in [1.165, 1.54) is 0 Å². The van der Waals surface area contributed by atoms with E-state index in [2.05, 4.69) is 19.9 Å². The van der Waals surface area contributed by atoms with Crippen molar-refractivity contribution >= 4 is 88.3 Å². The van der Waals surface area contributed by atoms with E-state index in [-0.39, 0.29) is 21.7 Å². The molecule has 16 nitrogen and oxygen atoms in total. The van der Waals surface area contributed by atoms with E-state index in [1.54, 1.807) is 0 Å². The van der Waals surface area contributed by atoms with Crippen LogP contribution in [0.4, 0.5) is 0 Å². The molecule has 8 aromatic carbocycles. The zero-order valence-electron chi connectivity index (χ0n) is 42.3. The largest absolute Gasteiger partial charge is 0.324 e. The van der Waals surface area contributed by atoms with E-state index in [0.717, 1.165) is 87.6 Å². The van der Waals surface area contributed by atoms with Crippen molar-refractivity contribution in [1.82, 2.24) is 79.7 Å². The van der Waals surface area contributed by atoms with E-state index in [9.17, 15) is 0 Å². The molecule has 17 heteroatoms. The van der Waals surface area contributed by atoms with E-state index in [0.29, 0.717) is 91.8 Å². The van der Waals surface area contributed by atoms with Crippen molar-refractivity contribution in [3.05, 3.63) is 194 Å². The molecule has 0 unspecified atom stereocenters. The maximum Gasteiger partial charge on any atom is 0.164 e. The van der Waals surface area contributed by atoms with Crippen LogP contribution in [0.3, 0.4) is 0 Å². The monoisotopic (exact) mass is 1080 g/mol. The average Bonchev–Trinajstić information content (AvgIpc) is 4.53. The molecule has 16 bridgehead atoms. The second kappa shape index (κ2) is 18.1. The molecule has 18 rings (SSSR count). The van der Waals surface area contributed by atoms with E-state index < -0.39 is 0 Å². The van der Waals surface area contributed by atoms with Crippen molar-refractivity contribution in [2.75, 3.05) is 0 Å². The minimum absolute atomic E-state index is 0. The van der Waals surface area contributed by atoms with Crippen LogP contribution in [0.5, 0.6) is 0 Å². The van der Waals surface area contributed by atoms with Crippen molar-refractivity contribution in [2.45, 2.75) is 0 Å². The third kappa shape index (κ3) is 7.42. The Balaban J connectivity index is 0.000000132. The zero-order chi connectivity index (χ0) is 52.4. The van der Waals surface area contributed by atoms with Gasteiger partial charge in [-0.2, -0.15) is 0 Å². The Labute approximate surface area is 472 Å². The smallest absolute Gasteiger partial charge is 0.164 e. The van der Waals surface area contributed by atoms with Gasteiger partial charge in [-0.25, -0.2) is 59.8 Å². The molecule has 6 aromatic heterocycles. The second-order valence-electron chi connectivity index (χ2n) is 19.6. The van der Waals surface area contributed by atoms with Crippen LogP contribution in [0, 0.1) is 0 Å². The molecule has 0 amide bonds. The number of aromatic amines is 4. The average molecular weight is 1080 g/mol. The quantitative estimate of drug-likeness (QED) is 0.104. The normalized spacial score (nSPS) is 11.9. The Morgan fingerprint density at radius 1 is 0.160 bits per heavy atom. The molecule has 0 spiro atoms. The van der Waals surface area contributed by atoms with Gasteiger partial charge in [0, 0.05) is 109 Å². The fraction of sp³-hybridized carbons (Fsp3) is 0. The molecule has 10 heterocycles. The summed E-state index contributed by atoms with van der Waals surface area (Å²) in [6, 6.07) is 64.5. The predicted molar refractivity (Wildman–Crippen MR) is 312 cm³/mol. The van der Waals surface area contributed by atoms with Crippen LogP contribution >= 0.6 is 0 Å². The summed E-state index contributed by atoms with van der Waals surface area (Å²) in [6.07, 6.45) is 0. The molecule has 0 saturated heterocycles. The maximum atomic E-state index is 5.02. The third-order valence-corrected chi connectivity index (χ3v) is 14.9. The maximum absolute atomic E-state index is 5.02. The summed E-state index contributed by atoms with van der Waals surface area (Å²) in [5, 5.41) is 7.64. The number of nitrogens with zero attached hydrogens (tertiary/aromatic N) is 12. The van der Waals surface area contributed by atoms with E-state index >= 15 is 0 Å². The Bertz CT molecular complexity index is 4390. The minimum Gasteiger partial charge on any atom is -0.324 e. The summed E-state index contributed by atoms with van der Waals surface area (Å²) in [5.41, 5.74) is 12.9. The summed E-state index contributed by atoms with van der Waals surface area (Å²) in [4.78, 5) is 73.5. The first-order valence-electron chi connectivity index (χ1n) is 26.0. The Morgan fingerprint density at radius 2 is 0.284 bits per heavy atom. The van der Waals surface area contributed by atoms with Crippen molar-refractivity contribution < 1.29 is 21.7 Å². The molecule has 0 aliphatic carbocycles. The van der Waals surface area contributed by atoms with Crippen molar-refractivity contribution in [2.24, 2.45) is 0 Å². The van der Waals surface area contributed by atoms with Crippen LogP contribution in [-0.4, -0.2) is 79.7 Å². The molecule has 376 valence electrons.